The molecule has 1 aromatic heterocycles. The Kier molecular flexibility index (Phi) is 6.09. The standard InChI is InChI=1S/C22H21ClN4O3/c23-17-8-6-16(7-9-17)22-26-25-19(30-22)14-27(18-10-11-18)20(28)12-13-24-21(29)15-4-2-1-3-5-15/h1-9,18H,10-14H2,(H,24,29). The fourth-order valence-electron chi connectivity index (χ4n) is 3.10. The molecule has 0 spiro atoms. The summed E-state index contributed by atoms with van der Waals surface area (Å²) >= 11 is 5.91. The van der Waals surface area contributed by atoms with Gasteiger partial charge in [0.05, 0.1) is 6.54 Å². The third-order valence-corrected chi connectivity index (χ3v) is 5.08. The highest BCUT2D eigenvalue weighted by Crippen LogP contribution is 2.29. The van der Waals surface area contributed by atoms with Crippen LogP contribution in [0.1, 0.15) is 35.5 Å². The molecule has 1 N–H and O–H groups in total. The quantitative estimate of drug-likeness (QED) is 0.595. The molecule has 0 saturated heterocycles. The molecule has 154 valence electrons. The van der Waals surface area contributed by atoms with Gasteiger partial charge in [0.1, 0.15) is 0 Å². The van der Waals surface area contributed by atoms with Crippen LogP contribution in [0.25, 0.3) is 11.5 Å². The van der Waals surface area contributed by atoms with Crippen LogP contribution in [0.4, 0.5) is 0 Å². The van der Waals surface area contributed by atoms with Crippen molar-refractivity contribution >= 4 is 23.4 Å². The van der Waals surface area contributed by atoms with Crippen molar-refractivity contribution in [1.29, 1.82) is 0 Å². The topological polar surface area (TPSA) is 88.3 Å². The minimum Gasteiger partial charge on any atom is -0.419 e. The van der Waals surface area contributed by atoms with E-state index in [0.717, 1.165) is 18.4 Å². The lowest BCUT2D eigenvalue weighted by molar-refractivity contribution is -0.132. The first kappa shape index (κ1) is 20.1. The Balaban J connectivity index is 1.33. The van der Waals surface area contributed by atoms with Crippen molar-refractivity contribution in [2.75, 3.05) is 6.54 Å². The first-order valence-electron chi connectivity index (χ1n) is 9.81. The van der Waals surface area contributed by atoms with E-state index in [1.165, 1.54) is 0 Å². The van der Waals surface area contributed by atoms with Gasteiger partial charge < -0.3 is 14.6 Å². The van der Waals surface area contributed by atoms with Crippen molar-refractivity contribution < 1.29 is 14.0 Å². The highest BCUT2D eigenvalue weighted by Gasteiger charge is 2.33. The van der Waals surface area contributed by atoms with Crippen LogP contribution < -0.4 is 5.32 Å². The van der Waals surface area contributed by atoms with Gasteiger partial charge >= 0.3 is 0 Å². The monoisotopic (exact) mass is 424 g/mol. The number of halogens is 1. The number of rotatable bonds is 8. The van der Waals surface area contributed by atoms with E-state index in [2.05, 4.69) is 15.5 Å². The molecule has 1 fully saturated rings. The van der Waals surface area contributed by atoms with Gasteiger partial charge in [-0.3, -0.25) is 9.59 Å². The second-order valence-corrected chi connectivity index (χ2v) is 7.57. The maximum absolute atomic E-state index is 12.7. The van der Waals surface area contributed by atoms with Crippen LogP contribution in [0.5, 0.6) is 0 Å². The van der Waals surface area contributed by atoms with Gasteiger partial charge in [0.2, 0.25) is 17.7 Å². The Labute approximate surface area is 179 Å². The number of carbonyl (C=O) groups is 2. The molecule has 0 unspecified atom stereocenters. The van der Waals surface area contributed by atoms with Crippen molar-refractivity contribution in [1.82, 2.24) is 20.4 Å². The number of benzene rings is 2. The van der Waals surface area contributed by atoms with Crippen molar-refractivity contribution in [2.45, 2.75) is 31.8 Å². The molecule has 7 nitrogen and oxygen atoms in total. The van der Waals surface area contributed by atoms with Gasteiger partial charge in [0.15, 0.2) is 0 Å². The predicted octanol–water partition coefficient (Wildman–Crippen LogP) is 3.70. The molecular formula is C22H21ClN4O3. The molecule has 1 aliphatic rings. The van der Waals surface area contributed by atoms with Crippen LogP contribution in [-0.4, -0.2) is 39.5 Å². The molecule has 0 atom stereocenters. The minimum absolute atomic E-state index is 0.0443. The average Bonchev–Trinajstić information content (AvgIpc) is 3.50. The summed E-state index contributed by atoms with van der Waals surface area (Å²) in [4.78, 5) is 26.6. The van der Waals surface area contributed by atoms with E-state index in [-0.39, 0.29) is 37.4 Å². The maximum Gasteiger partial charge on any atom is 0.251 e. The number of hydrogen-bond acceptors (Lipinski definition) is 5. The number of amides is 2. The molecule has 3 aromatic rings. The Morgan fingerprint density at radius 3 is 2.50 bits per heavy atom. The van der Waals surface area contributed by atoms with Crippen LogP contribution in [0.2, 0.25) is 5.02 Å². The second kappa shape index (κ2) is 9.09. The van der Waals surface area contributed by atoms with Crippen molar-refractivity contribution in [3.63, 3.8) is 0 Å². The largest absolute Gasteiger partial charge is 0.419 e. The zero-order chi connectivity index (χ0) is 20.9. The fourth-order valence-corrected chi connectivity index (χ4v) is 3.22. The lowest BCUT2D eigenvalue weighted by Crippen LogP contribution is -2.35. The highest BCUT2D eigenvalue weighted by atomic mass is 35.5. The van der Waals surface area contributed by atoms with Crippen LogP contribution >= 0.6 is 11.6 Å². The minimum atomic E-state index is -0.189. The van der Waals surface area contributed by atoms with Gasteiger partial charge in [-0.2, -0.15) is 0 Å². The summed E-state index contributed by atoms with van der Waals surface area (Å²) in [7, 11) is 0. The summed E-state index contributed by atoms with van der Waals surface area (Å²) < 4.78 is 5.74. The van der Waals surface area contributed by atoms with E-state index >= 15 is 0 Å². The Bertz CT molecular complexity index is 1020. The second-order valence-electron chi connectivity index (χ2n) is 7.13. The van der Waals surface area contributed by atoms with Gasteiger partial charge in [-0.1, -0.05) is 29.8 Å². The summed E-state index contributed by atoms with van der Waals surface area (Å²) in [6.07, 6.45) is 2.13. The highest BCUT2D eigenvalue weighted by molar-refractivity contribution is 6.30. The smallest absolute Gasteiger partial charge is 0.251 e. The molecule has 8 heteroatoms. The molecule has 30 heavy (non-hydrogen) atoms. The summed E-state index contributed by atoms with van der Waals surface area (Å²) in [5.74, 6) is 0.538. The number of carbonyl (C=O) groups excluding carboxylic acids is 2. The van der Waals surface area contributed by atoms with Crippen LogP contribution in [0.3, 0.4) is 0 Å². The first-order valence-corrected chi connectivity index (χ1v) is 10.2. The summed E-state index contributed by atoms with van der Waals surface area (Å²) in [6, 6.07) is 16.2. The zero-order valence-corrected chi connectivity index (χ0v) is 17.0. The predicted molar refractivity (Wildman–Crippen MR) is 112 cm³/mol. The molecule has 1 aliphatic carbocycles. The van der Waals surface area contributed by atoms with Crippen LogP contribution in [-0.2, 0) is 11.3 Å². The fraction of sp³-hybridized carbons (Fsp3) is 0.273. The van der Waals surface area contributed by atoms with Gasteiger partial charge in [-0.15, -0.1) is 10.2 Å². The summed E-state index contributed by atoms with van der Waals surface area (Å²) in [6.45, 7) is 0.534. The SMILES string of the molecule is O=C(NCCC(=O)N(Cc1nnc(-c2ccc(Cl)cc2)o1)C1CC1)c1ccccc1. The lowest BCUT2D eigenvalue weighted by atomic mass is 10.2. The number of hydrogen-bond donors (Lipinski definition) is 1. The third kappa shape index (κ3) is 5.04. The van der Waals surface area contributed by atoms with Crippen LogP contribution in [0.15, 0.2) is 59.0 Å². The Hall–Kier alpha value is -3.19. The van der Waals surface area contributed by atoms with Crippen molar-refractivity contribution in [2.24, 2.45) is 0 Å². The van der Waals surface area contributed by atoms with Gasteiger partial charge in [-0.05, 0) is 49.2 Å². The summed E-state index contributed by atoms with van der Waals surface area (Å²) in [5, 5.41) is 11.6. The molecule has 0 aliphatic heterocycles. The van der Waals surface area contributed by atoms with E-state index < -0.39 is 0 Å². The number of aromatic nitrogens is 2. The van der Waals surface area contributed by atoms with Gasteiger partial charge in [0.25, 0.3) is 5.91 Å². The van der Waals surface area contributed by atoms with Gasteiger partial charge in [0, 0.05) is 35.2 Å². The van der Waals surface area contributed by atoms with E-state index in [1.54, 1.807) is 53.4 Å². The van der Waals surface area contributed by atoms with Crippen molar-refractivity contribution in [3.8, 4) is 11.5 Å². The number of nitrogens with one attached hydrogen (secondary N) is 1. The molecule has 1 heterocycles. The van der Waals surface area contributed by atoms with Crippen molar-refractivity contribution in [3.05, 3.63) is 71.1 Å². The normalized spacial score (nSPS) is 13.1. The Morgan fingerprint density at radius 1 is 1.07 bits per heavy atom. The van der Waals surface area contributed by atoms with E-state index in [9.17, 15) is 9.59 Å². The third-order valence-electron chi connectivity index (χ3n) is 4.83. The molecule has 0 radical (unpaired) electrons. The molecule has 1 saturated carbocycles. The molecule has 2 aromatic carbocycles. The average molecular weight is 425 g/mol. The molecular weight excluding hydrogens is 404 g/mol. The number of nitrogens with zero attached hydrogens (tertiary/aromatic N) is 3. The van der Waals surface area contributed by atoms with E-state index in [4.69, 9.17) is 16.0 Å². The first-order chi connectivity index (χ1) is 14.6. The Morgan fingerprint density at radius 2 is 1.80 bits per heavy atom. The van der Waals surface area contributed by atoms with Gasteiger partial charge in [-0.25, -0.2) is 0 Å². The lowest BCUT2D eigenvalue weighted by Gasteiger charge is -2.20. The molecule has 2 amide bonds. The maximum atomic E-state index is 12.7. The zero-order valence-electron chi connectivity index (χ0n) is 16.3. The van der Waals surface area contributed by atoms with E-state index in [0.29, 0.717) is 22.4 Å². The molecule has 4 rings (SSSR count). The summed E-state index contributed by atoms with van der Waals surface area (Å²) in [5.41, 5.74) is 1.34. The van der Waals surface area contributed by atoms with Crippen LogP contribution in [0, 0.1) is 0 Å². The molecule has 0 bridgehead atoms. The van der Waals surface area contributed by atoms with E-state index in [1.807, 2.05) is 6.07 Å².